The summed E-state index contributed by atoms with van der Waals surface area (Å²) >= 11 is 0. The van der Waals surface area contributed by atoms with Gasteiger partial charge in [-0.3, -0.25) is 4.79 Å². The molecule has 1 amide bonds. The summed E-state index contributed by atoms with van der Waals surface area (Å²) < 4.78 is 0. The fraction of sp³-hybridized carbons (Fsp3) is 0.667. The average Bonchev–Trinajstić information content (AvgIpc) is 1.65. The zero-order chi connectivity index (χ0) is 7.86. The highest BCUT2D eigenvalue weighted by Crippen LogP contribution is 2.11. The highest BCUT2D eigenvalue weighted by Gasteiger charge is 1.77. The van der Waals surface area contributed by atoms with Gasteiger partial charge in [0.25, 0.3) is 0 Å². The molecule has 0 rings (SSSR count). The molecule has 0 unspecified atom stereocenters. The fourth-order valence-electron chi connectivity index (χ4n) is 0. The maximum Gasteiger partial charge on any atom is 0.324 e. The van der Waals surface area contributed by atoms with Crippen LogP contribution in [0.3, 0.4) is 0 Å². The number of primary amides is 1. The molecule has 0 saturated heterocycles. The summed E-state index contributed by atoms with van der Waals surface area (Å²) in [6.45, 7) is 1.72. The van der Waals surface area contributed by atoms with Gasteiger partial charge in [0.2, 0.25) is 5.91 Å². The van der Waals surface area contributed by atoms with Gasteiger partial charge in [0, 0.05) is 6.42 Å². The first-order valence-electron chi connectivity index (χ1n) is 2.15. The van der Waals surface area contributed by atoms with Crippen LogP contribution in [0.2, 0.25) is 0 Å². The van der Waals surface area contributed by atoms with Crippen LogP contribution < -0.4 is 5.73 Å². The lowest BCUT2D eigenvalue weighted by molar-refractivity contribution is -0.117. The summed E-state index contributed by atoms with van der Waals surface area (Å²) in [5.41, 5.74) is 4.65. The van der Waals surface area contributed by atoms with Crippen molar-refractivity contribution in [3.63, 3.8) is 0 Å². The van der Waals surface area contributed by atoms with Gasteiger partial charge in [0.15, 0.2) is 0 Å². The van der Waals surface area contributed by atoms with Crippen molar-refractivity contribution >= 4 is 14.5 Å². The molecule has 0 aliphatic carbocycles. The first-order valence-corrected chi connectivity index (χ1v) is 3.35. The Labute approximate surface area is 54.1 Å². The van der Waals surface area contributed by atoms with Crippen molar-refractivity contribution in [3.8, 4) is 0 Å². The van der Waals surface area contributed by atoms with Crippen LogP contribution in [0, 0.1) is 0 Å². The van der Waals surface area contributed by atoms with Gasteiger partial charge in [-0.15, -0.1) is 0 Å². The Kier molecular flexibility index (Phi) is 9.99. The van der Waals surface area contributed by atoms with Gasteiger partial charge < -0.3 is 20.4 Å². The van der Waals surface area contributed by atoms with Crippen molar-refractivity contribution in [2.45, 2.75) is 13.3 Å². The van der Waals surface area contributed by atoms with E-state index in [-0.39, 0.29) is 5.91 Å². The smallest absolute Gasteiger partial charge is 0.324 e. The summed E-state index contributed by atoms with van der Waals surface area (Å²) in [5, 5.41) is 0. The highest BCUT2D eigenvalue weighted by molar-refractivity contribution is 7.38. The van der Waals surface area contributed by atoms with Gasteiger partial charge in [-0.2, -0.15) is 0 Å². The van der Waals surface area contributed by atoms with Gasteiger partial charge in [-0.25, -0.2) is 0 Å². The molecule has 0 aliphatic rings. The number of carbonyl (C=O) groups is 1. The quantitative estimate of drug-likeness (QED) is 0.367. The molecule has 0 fully saturated rings. The molecule has 0 saturated carbocycles. The van der Waals surface area contributed by atoms with Gasteiger partial charge in [-0.1, -0.05) is 6.92 Å². The molecule has 0 heterocycles. The predicted octanol–water partition coefficient (Wildman–Crippen LogP) is -0.928. The minimum atomic E-state index is -2.62. The lowest BCUT2D eigenvalue weighted by Crippen LogP contribution is -2.06. The second kappa shape index (κ2) is 7.78. The molecule has 5 nitrogen and oxygen atoms in total. The molecule has 9 heavy (non-hydrogen) atoms. The molecule has 6 heteroatoms. The Balaban J connectivity index is 0. The van der Waals surface area contributed by atoms with Crippen LogP contribution in [0.1, 0.15) is 13.3 Å². The molecule has 0 spiro atoms. The largest absolute Gasteiger partial charge is 0.370 e. The van der Waals surface area contributed by atoms with Crippen LogP contribution in [0.5, 0.6) is 0 Å². The number of nitrogens with two attached hydrogens (primary N) is 1. The fourth-order valence-corrected chi connectivity index (χ4v) is 0. The maximum atomic E-state index is 9.59. The van der Waals surface area contributed by atoms with E-state index >= 15 is 0 Å². The van der Waals surface area contributed by atoms with Crippen molar-refractivity contribution in [1.82, 2.24) is 0 Å². The molecule has 0 atom stereocenters. The molecular weight excluding hydrogens is 145 g/mol. The number of amides is 1. The van der Waals surface area contributed by atoms with Crippen LogP contribution in [0.4, 0.5) is 0 Å². The van der Waals surface area contributed by atoms with Crippen molar-refractivity contribution in [2.75, 3.05) is 0 Å². The van der Waals surface area contributed by atoms with Crippen LogP contribution in [0.25, 0.3) is 0 Å². The van der Waals surface area contributed by atoms with E-state index in [1.165, 1.54) is 0 Å². The Morgan fingerprint density at radius 2 is 1.67 bits per heavy atom. The van der Waals surface area contributed by atoms with E-state index in [1.807, 2.05) is 0 Å². The summed E-state index contributed by atoms with van der Waals surface area (Å²) in [4.78, 5) is 31.3. The topological polar surface area (TPSA) is 104 Å². The van der Waals surface area contributed by atoms with Crippen LogP contribution >= 0.6 is 8.60 Å². The summed E-state index contributed by atoms with van der Waals surface area (Å²) in [7, 11) is -2.62. The highest BCUT2D eigenvalue weighted by atomic mass is 31.2. The van der Waals surface area contributed by atoms with Crippen molar-refractivity contribution in [2.24, 2.45) is 5.73 Å². The van der Waals surface area contributed by atoms with Gasteiger partial charge in [-0.05, 0) is 0 Å². The third-order valence-corrected chi connectivity index (χ3v) is 0.348. The molecule has 56 valence electrons. The SMILES string of the molecule is CCC(N)=O.OP(O)O. The summed E-state index contributed by atoms with van der Waals surface area (Å²) in [5.74, 6) is -0.245. The van der Waals surface area contributed by atoms with E-state index in [2.05, 4.69) is 5.73 Å². The van der Waals surface area contributed by atoms with Gasteiger partial charge in [0.1, 0.15) is 0 Å². The molecular formula is C3H10NO4P. The first-order chi connectivity index (χ1) is 4.00. The Bertz CT molecular complexity index is 73.5. The Morgan fingerprint density at radius 3 is 1.67 bits per heavy atom. The van der Waals surface area contributed by atoms with Gasteiger partial charge in [0.05, 0.1) is 0 Å². The van der Waals surface area contributed by atoms with Crippen molar-refractivity contribution in [1.29, 1.82) is 0 Å². The maximum absolute atomic E-state index is 9.59. The van der Waals surface area contributed by atoms with E-state index in [4.69, 9.17) is 14.7 Å². The monoisotopic (exact) mass is 155 g/mol. The zero-order valence-electron chi connectivity index (χ0n) is 4.98. The van der Waals surface area contributed by atoms with Crippen molar-refractivity contribution in [3.05, 3.63) is 0 Å². The van der Waals surface area contributed by atoms with Crippen LogP contribution in [0.15, 0.2) is 0 Å². The number of rotatable bonds is 1. The molecule has 0 radical (unpaired) electrons. The van der Waals surface area contributed by atoms with Gasteiger partial charge >= 0.3 is 8.60 Å². The predicted molar refractivity (Wildman–Crippen MR) is 33.1 cm³/mol. The molecule has 5 N–H and O–H groups in total. The molecule has 0 aromatic carbocycles. The molecule has 0 aromatic heterocycles. The molecule has 0 aliphatic heterocycles. The number of carbonyl (C=O) groups excluding carboxylic acids is 1. The van der Waals surface area contributed by atoms with E-state index in [1.54, 1.807) is 6.92 Å². The normalized spacial score (nSPS) is 8.11. The van der Waals surface area contributed by atoms with E-state index < -0.39 is 8.60 Å². The molecule has 0 aromatic rings. The average molecular weight is 155 g/mol. The second-order valence-electron chi connectivity index (χ2n) is 1.09. The van der Waals surface area contributed by atoms with Crippen LogP contribution in [-0.2, 0) is 4.79 Å². The number of hydrogen-bond acceptors (Lipinski definition) is 4. The summed E-state index contributed by atoms with van der Waals surface area (Å²) in [6.07, 6.45) is 0.444. The van der Waals surface area contributed by atoms with E-state index in [0.717, 1.165) is 0 Å². The zero-order valence-corrected chi connectivity index (χ0v) is 5.88. The summed E-state index contributed by atoms with van der Waals surface area (Å²) in [6, 6.07) is 0. The lowest BCUT2D eigenvalue weighted by Gasteiger charge is -1.76. The standard InChI is InChI=1S/C3H7NO.H3O3P/c1-2-3(4)5;1-4(2)3/h2H2,1H3,(H2,4,5);1-3H. The van der Waals surface area contributed by atoms with Crippen LogP contribution in [-0.4, -0.2) is 20.6 Å². The second-order valence-corrected chi connectivity index (χ2v) is 1.62. The molecule has 0 bridgehead atoms. The van der Waals surface area contributed by atoms with Crippen molar-refractivity contribution < 1.29 is 19.5 Å². The van der Waals surface area contributed by atoms with E-state index in [9.17, 15) is 4.79 Å². The minimum absolute atomic E-state index is 0.245. The third kappa shape index (κ3) is 82.0. The number of hydrogen-bond donors (Lipinski definition) is 4. The lowest BCUT2D eigenvalue weighted by atomic mass is 10.5. The Morgan fingerprint density at radius 1 is 1.56 bits per heavy atom. The third-order valence-electron chi connectivity index (χ3n) is 0.348. The minimum Gasteiger partial charge on any atom is -0.370 e. The Hall–Kier alpha value is -0.220. The first kappa shape index (κ1) is 11.6. The van der Waals surface area contributed by atoms with E-state index in [0.29, 0.717) is 6.42 Å².